The van der Waals surface area contributed by atoms with E-state index in [0.29, 0.717) is 41.3 Å². The van der Waals surface area contributed by atoms with Crippen LogP contribution in [0.3, 0.4) is 0 Å². The first kappa shape index (κ1) is 15.1. The number of nitriles is 1. The van der Waals surface area contributed by atoms with Gasteiger partial charge in [-0.15, -0.1) is 0 Å². The van der Waals surface area contributed by atoms with Crippen molar-refractivity contribution in [3.8, 4) is 11.8 Å². The second kappa shape index (κ2) is 7.47. The highest BCUT2D eigenvalue weighted by Crippen LogP contribution is 2.25. The van der Waals surface area contributed by atoms with E-state index in [2.05, 4.69) is 0 Å². The number of Topliss-reactive ketones (excluding diaryl/α,β-unsaturated/α-hetero) is 1. The SMILES string of the molecule is N#Cc1c(Cl)cccc1OCCCC(=O)c1ccccc1. The van der Waals surface area contributed by atoms with Crippen molar-refractivity contribution in [1.82, 2.24) is 0 Å². The van der Waals surface area contributed by atoms with Gasteiger partial charge in [-0.2, -0.15) is 5.26 Å². The molecule has 0 aliphatic heterocycles. The molecule has 0 unspecified atom stereocenters. The Morgan fingerprint density at radius 1 is 1.14 bits per heavy atom. The van der Waals surface area contributed by atoms with Gasteiger partial charge in [-0.25, -0.2) is 0 Å². The highest BCUT2D eigenvalue weighted by molar-refractivity contribution is 6.31. The summed E-state index contributed by atoms with van der Waals surface area (Å²) in [6.45, 7) is 0.369. The Labute approximate surface area is 128 Å². The molecule has 0 aromatic heterocycles. The lowest BCUT2D eigenvalue weighted by Crippen LogP contribution is -2.04. The van der Waals surface area contributed by atoms with Crippen molar-refractivity contribution in [1.29, 1.82) is 5.26 Å². The molecule has 0 saturated heterocycles. The summed E-state index contributed by atoms with van der Waals surface area (Å²) in [7, 11) is 0. The minimum absolute atomic E-state index is 0.0887. The maximum absolute atomic E-state index is 11.9. The number of ether oxygens (including phenoxy) is 1. The molecule has 0 aliphatic rings. The highest BCUT2D eigenvalue weighted by Gasteiger charge is 2.08. The van der Waals surface area contributed by atoms with Crippen LogP contribution in [0.15, 0.2) is 48.5 Å². The molecule has 0 bridgehead atoms. The van der Waals surface area contributed by atoms with E-state index in [-0.39, 0.29) is 5.78 Å². The van der Waals surface area contributed by atoms with Crippen molar-refractivity contribution in [2.24, 2.45) is 0 Å². The molecule has 0 heterocycles. The molecule has 0 aliphatic carbocycles. The Balaban J connectivity index is 1.85. The van der Waals surface area contributed by atoms with Crippen LogP contribution in [0.5, 0.6) is 5.75 Å². The van der Waals surface area contributed by atoms with Gasteiger partial charge in [-0.3, -0.25) is 4.79 Å². The zero-order valence-electron chi connectivity index (χ0n) is 11.4. The molecule has 0 fully saturated rings. The molecule has 106 valence electrons. The van der Waals surface area contributed by atoms with Crippen LogP contribution in [-0.2, 0) is 0 Å². The molecule has 2 aromatic carbocycles. The minimum Gasteiger partial charge on any atom is -0.492 e. The van der Waals surface area contributed by atoms with Crippen molar-refractivity contribution in [2.75, 3.05) is 6.61 Å². The molecular weight excluding hydrogens is 286 g/mol. The Kier molecular flexibility index (Phi) is 5.36. The van der Waals surface area contributed by atoms with Gasteiger partial charge in [0.2, 0.25) is 0 Å². The summed E-state index contributed by atoms with van der Waals surface area (Å²) in [5.41, 5.74) is 1.03. The van der Waals surface area contributed by atoms with Crippen LogP contribution in [0.1, 0.15) is 28.8 Å². The lowest BCUT2D eigenvalue weighted by atomic mass is 10.1. The number of nitrogens with zero attached hydrogens (tertiary/aromatic N) is 1. The Morgan fingerprint density at radius 2 is 1.90 bits per heavy atom. The van der Waals surface area contributed by atoms with E-state index in [0.717, 1.165) is 0 Å². The fourth-order valence-corrected chi connectivity index (χ4v) is 2.12. The van der Waals surface area contributed by atoms with Gasteiger partial charge in [-0.1, -0.05) is 48.0 Å². The first-order valence-corrected chi connectivity index (χ1v) is 7.00. The largest absolute Gasteiger partial charge is 0.492 e. The smallest absolute Gasteiger partial charge is 0.163 e. The van der Waals surface area contributed by atoms with E-state index in [1.165, 1.54) is 0 Å². The van der Waals surface area contributed by atoms with Gasteiger partial charge < -0.3 is 4.74 Å². The lowest BCUT2D eigenvalue weighted by Gasteiger charge is -2.08. The molecule has 0 N–H and O–H groups in total. The van der Waals surface area contributed by atoms with Gasteiger partial charge in [0, 0.05) is 12.0 Å². The summed E-state index contributed by atoms with van der Waals surface area (Å²) in [5, 5.41) is 9.39. The average molecular weight is 300 g/mol. The van der Waals surface area contributed by atoms with Crippen molar-refractivity contribution in [3.05, 3.63) is 64.7 Å². The van der Waals surface area contributed by atoms with E-state index < -0.39 is 0 Å². The summed E-state index contributed by atoms with van der Waals surface area (Å²) in [4.78, 5) is 11.9. The highest BCUT2D eigenvalue weighted by atomic mass is 35.5. The number of ketones is 1. The predicted octanol–water partition coefficient (Wildman–Crippen LogP) is 4.25. The number of rotatable bonds is 6. The summed E-state index contributed by atoms with van der Waals surface area (Å²) in [6.07, 6.45) is 0.998. The molecule has 0 amide bonds. The van der Waals surface area contributed by atoms with Crippen molar-refractivity contribution in [2.45, 2.75) is 12.8 Å². The number of carbonyl (C=O) groups excluding carboxylic acids is 1. The summed E-state index contributed by atoms with van der Waals surface area (Å²) in [5.74, 6) is 0.544. The Hall–Kier alpha value is -2.31. The number of benzene rings is 2. The summed E-state index contributed by atoms with van der Waals surface area (Å²) < 4.78 is 5.54. The van der Waals surface area contributed by atoms with E-state index in [1.54, 1.807) is 30.3 Å². The molecule has 2 rings (SSSR count). The normalized spacial score (nSPS) is 9.90. The molecule has 0 radical (unpaired) electrons. The molecule has 4 heteroatoms. The zero-order valence-corrected chi connectivity index (χ0v) is 12.1. The number of carbonyl (C=O) groups is 1. The fraction of sp³-hybridized carbons (Fsp3) is 0.176. The monoisotopic (exact) mass is 299 g/mol. The maximum Gasteiger partial charge on any atom is 0.163 e. The number of halogens is 1. The molecule has 3 nitrogen and oxygen atoms in total. The van der Waals surface area contributed by atoms with Gasteiger partial charge >= 0.3 is 0 Å². The first-order valence-electron chi connectivity index (χ1n) is 6.62. The second-order valence-electron chi connectivity index (χ2n) is 4.47. The molecule has 0 spiro atoms. The van der Waals surface area contributed by atoms with Gasteiger partial charge in [0.05, 0.1) is 11.6 Å². The predicted molar refractivity (Wildman–Crippen MR) is 81.7 cm³/mol. The van der Waals surface area contributed by atoms with E-state index >= 15 is 0 Å². The van der Waals surface area contributed by atoms with Gasteiger partial charge in [-0.05, 0) is 18.6 Å². The van der Waals surface area contributed by atoms with Gasteiger partial charge in [0.15, 0.2) is 5.78 Å². The number of hydrogen-bond donors (Lipinski definition) is 0. The standard InChI is InChI=1S/C17H14ClNO2/c18-15-8-4-10-17(14(15)12-19)21-11-5-9-16(20)13-6-2-1-3-7-13/h1-4,6-8,10H,5,9,11H2. The maximum atomic E-state index is 11.9. The second-order valence-corrected chi connectivity index (χ2v) is 4.87. The van der Waals surface area contributed by atoms with Crippen molar-refractivity contribution in [3.63, 3.8) is 0 Å². The van der Waals surface area contributed by atoms with Crippen LogP contribution in [0.25, 0.3) is 0 Å². The Morgan fingerprint density at radius 3 is 2.62 bits per heavy atom. The summed E-state index contributed by atoms with van der Waals surface area (Å²) in [6, 6.07) is 16.2. The van der Waals surface area contributed by atoms with Gasteiger partial charge in [0.25, 0.3) is 0 Å². The molecule has 0 saturated carbocycles. The minimum atomic E-state index is 0.0887. The average Bonchev–Trinajstić information content (AvgIpc) is 2.52. The molecule has 2 aromatic rings. The van der Waals surface area contributed by atoms with Gasteiger partial charge in [0.1, 0.15) is 17.4 Å². The number of hydrogen-bond acceptors (Lipinski definition) is 3. The lowest BCUT2D eigenvalue weighted by molar-refractivity contribution is 0.0973. The third kappa shape index (κ3) is 4.08. The summed E-state index contributed by atoms with van der Waals surface area (Å²) >= 11 is 5.92. The van der Waals surface area contributed by atoms with Crippen LogP contribution in [0.4, 0.5) is 0 Å². The first-order chi connectivity index (χ1) is 10.2. The third-order valence-corrected chi connectivity index (χ3v) is 3.30. The van der Waals surface area contributed by atoms with Crippen molar-refractivity contribution >= 4 is 17.4 Å². The van der Waals surface area contributed by atoms with E-state index in [1.807, 2.05) is 24.3 Å². The van der Waals surface area contributed by atoms with Crippen LogP contribution >= 0.6 is 11.6 Å². The Bertz CT molecular complexity index is 662. The fourth-order valence-electron chi connectivity index (χ4n) is 1.92. The third-order valence-electron chi connectivity index (χ3n) is 2.99. The quantitative estimate of drug-likeness (QED) is 0.591. The van der Waals surface area contributed by atoms with Crippen LogP contribution in [0, 0.1) is 11.3 Å². The van der Waals surface area contributed by atoms with E-state index in [9.17, 15) is 4.79 Å². The molecule has 21 heavy (non-hydrogen) atoms. The van der Waals surface area contributed by atoms with E-state index in [4.69, 9.17) is 21.6 Å². The molecular formula is C17H14ClNO2. The molecule has 0 atom stereocenters. The van der Waals surface area contributed by atoms with Crippen LogP contribution in [-0.4, -0.2) is 12.4 Å². The topological polar surface area (TPSA) is 50.1 Å². The zero-order chi connectivity index (χ0) is 15.1. The van der Waals surface area contributed by atoms with Crippen LogP contribution in [0.2, 0.25) is 5.02 Å². The van der Waals surface area contributed by atoms with Crippen LogP contribution < -0.4 is 4.74 Å². The van der Waals surface area contributed by atoms with Crippen molar-refractivity contribution < 1.29 is 9.53 Å².